The zero-order chi connectivity index (χ0) is 22.0. The van der Waals surface area contributed by atoms with E-state index in [0.717, 1.165) is 17.5 Å². The molecule has 4 nitrogen and oxygen atoms in total. The van der Waals surface area contributed by atoms with Crippen molar-refractivity contribution in [2.75, 3.05) is 14.1 Å². The normalized spacial score (nSPS) is 12.0. The molecule has 0 aliphatic rings. The van der Waals surface area contributed by atoms with Crippen LogP contribution in [-0.4, -0.2) is 40.4 Å². The van der Waals surface area contributed by atoms with E-state index in [1.165, 1.54) is 0 Å². The monoisotopic (exact) mass is 403 g/mol. The van der Waals surface area contributed by atoms with Crippen molar-refractivity contribution in [3.63, 3.8) is 0 Å². The van der Waals surface area contributed by atoms with Gasteiger partial charge < -0.3 is 9.47 Å². The van der Waals surface area contributed by atoms with Gasteiger partial charge >= 0.3 is 0 Å². The number of imidazole rings is 1. The van der Waals surface area contributed by atoms with E-state index in [1.807, 2.05) is 49.5 Å². The fourth-order valence-electron chi connectivity index (χ4n) is 3.59. The molecule has 0 aliphatic carbocycles. The Kier molecular flexibility index (Phi) is 8.75. The number of hydrogen-bond acceptors (Lipinski definition) is 3. The van der Waals surface area contributed by atoms with E-state index in [9.17, 15) is 4.79 Å². The third-order valence-electron chi connectivity index (χ3n) is 5.55. The molecule has 0 amide bonds. The Bertz CT molecular complexity index is 847. The van der Waals surface area contributed by atoms with Crippen LogP contribution in [-0.2, 0) is 10.2 Å². The highest BCUT2D eigenvalue weighted by atomic mass is 16.1. The van der Waals surface area contributed by atoms with Gasteiger partial charge in [0, 0.05) is 31.1 Å². The number of rotatable bonds is 8. The molecular formula is C26H33N3O. The number of benzene rings is 2. The minimum Gasteiger partial charge on any atom is -0.314 e. The number of carbonyl (C=O) groups is 1. The van der Waals surface area contributed by atoms with Crippen LogP contribution in [0.5, 0.6) is 0 Å². The molecule has 3 aromatic rings. The van der Waals surface area contributed by atoms with Gasteiger partial charge in [-0.25, -0.2) is 4.98 Å². The fraction of sp³-hybridized carbons (Fsp3) is 0.308. The molecule has 1 atom stereocenters. The average molecular weight is 404 g/mol. The molecule has 0 saturated carbocycles. The van der Waals surface area contributed by atoms with Crippen LogP contribution in [0.25, 0.3) is 6.20 Å². The first-order valence-corrected chi connectivity index (χ1v) is 10.4. The van der Waals surface area contributed by atoms with Crippen LogP contribution >= 0.6 is 0 Å². The zero-order valence-corrected chi connectivity index (χ0v) is 18.5. The summed E-state index contributed by atoms with van der Waals surface area (Å²) in [5.41, 5.74) is 1.60. The maximum atomic E-state index is 13.2. The second-order valence-corrected chi connectivity index (χ2v) is 7.62. The third-order valence-corrected chi connectivity index (χ3v) is 5.55. The van der Waals surface area contributed by atoms with Crippen LogP contribution in [0.2, 0.25) is 0 Å². The molecular weight excluding hydrogens is 370 g/mol. The van der Waals surface area contributed by atoms with Crippen molar-refractivity contribution in [1.82, 2.24) is 14.5 Å². The molecule has 30 heavy (non-hydrogen) atoms. The van der Waals surface area contributed by atoms with Crippen molar-refractivity contribution < 1.29 is 4.79 Å². The summed E-state index contributed by atoms with van der Waals surface area (Å²) in [7, 11) is 4.14. The first-order chi connectivity index (χ1) is 14.5. The standard InChI is InChI=1S/C21H27NO.C5H6N2/c1-5-20(23)21(16-17(2)22(3)4,18-12-8-6-9-13-18)19-14-10-7-11-15-19;1-2-7-4-3-6-5-7/h6-15,17H,5,16H2,1-4H3;2-5H,1H2. The van der Waals surface area contributed by atoms with Gasteiger partial charge in [0.1, 0.15) is 5.78 Å². The molecule has 0 aliphatic heterocycles. The van der Waals surface area contributed by atoms with Crippen molar-refractivity contribution in [1.29, 1.82) is 0 Å². The summed E-state index contributed by atoms with van der Waals surface area (Å²) in [4.78, 5) is 19.1. The van der Waals surface area contributed by atoms with Crippen molar-refractivity contribution >= 4 is 12.0 Å². The van der Waals surface area contributed by atoms with Crippen LogP contribution in [0.4, 0.5) is 0 Å². The Hall–Kier alpha value is -2.98. The molecule has 0 saturated heterocycles. The van der Waals surface area contributed by atoms with Crippen molar-refractivity contribution in [2.45, 2.75) is 38.1 Å². The molecule has 0 bridgehead atoms. The lowest BCUT2D eigenvalue weighted by Gasteiger charge is -2.37. The Morgan fingerprint density at radius 1 is 1.10 bits per heavy atom. The van der Waals surface area contributed by atoms with Gasteiger partial charge in [-0.15, -0.1) is 0 Å². The molecule has 4 heteroatoms. The lowest BCUT2D eigenvalue weighted by molar-refractivity contribution is -0.123. The number of hydrogen-bond donors (Lipinski definition) is 0. The molecule has 158 valence electrons. The Balaban J connectivity index is 0.000000386. The minimum atomic E-state index is -0.582. The summed E-state index contributed by atoms with van der Waals surface area (Å²) in [6.45, 7) is 7.67. The van der Waals surface area contributed by atoms with Crippen LogP contribution in [0, 0.1) is 0 Å². The third kappa shape index (κ3) is 5.55. The second kappa shape index (κ2) is 11.3. The zero-order valence-electron chi connectivity index (χ0n) is 18.5. The molecule has 1 heterocycles. The second-order valence-electron chi connectivity index (χ2n) is 7.62. The minimum absolute atomic E-state index is 0.281. The van der Waals surface area contributed by atoms with Gasteiger partial charge in [-0.3, -0.25) is 4.79 Å². The Morgan fingerprint density at radius 2 is 1.63 bits per heavy atom. The molecule has 1 unspecified atom stereocenters. The largest absolute Gasteiger partial charge is 0.314 e. The fourth-order valence-corrected chi connectivity index (χ4v) is 3.59. The molecule has 0 N–H and O–H groups in total. The quantitative estimate of drug-likeness (QED) is 0.514. The van der Waals surface area contributed by atoms with Gasteiger partial charge in [0.05, 0.1) is 11.7 Å². The predicted octanol–water partition coefficient (Wildman–Crippen LogP) is 5.28. The van der Waals surface area contributed by atoms with Crippen LogP contribution in [0.15, 0.2) is 86.0 Å². The van der Waals surface area contributed by atoms with Gasteiger partial charge in [0.2, 0.25) is 0 Å². The van der Waals surface area contributed by atoms with Crippen molar-refractivity contribution in [3.8, 4) is 0 Å². The lowest BCUT2D eigenvalue weighted by Crippen LogP contribution is -2.42. The highest BCUT2D eigenvalue weighted by Crippen LogP contribution is 2.39. The van der Waals surface area contributed by atoms with E-state index in [0.29, 0.717) is 12.5 Å². The van der Waals surface area contributed by atoms with E-state index in [2.05, 4.69) is 61.7 Å². The maximum absolute atomic E-state index is 13.2. The molecule has 2 aromatic carbocycles. The SMILES string of the molecule is C=Cn1ccnc1.CCC(=O)C(CC(C)N(C)C)(c1ccccc1)c1ccccc1. The molecule has 0 spiro atoms. The van der Waals surface area contributed by atoms with Gasteiger partial charge in [-0.05, 0) is 38.6 Å². The van der Waals surface area contributed by atoms with E-state index < -0.39 is 5.41 Å². The van der Waals surface area contributed by atoms with Gasteiger partial charge in [-0.2, -0.15) is 0 Å². The molecule has 1 aromatic heterocycles. The number of ketones is 1. The summed E-state index contributed by atoms with van der Waals surface area (Å²) in [5.74, 6) is 0.281. The summed E-state index contributed by atoms with van der Waals surface area (Å²) in [6.07, 6.45) is 8.22. The first-order valence-electron chi connectivity index (χ1n) is 10.4. The Morgan fingerprint density at radius 3 is 1.97 bits per heavy atom. The number of carbonyl (C=O) groups excluding carboxylic acids is 1. The summed E-state index contributed by atoms with van der Waals surface area (Å²) in [6, 6.07) is 20.7. The van der Waals surface area contributed by atoms with Crippen LogP contribution < -0.4 is 0 Å². The summed E-state index contributed by atoms with van der Waals surface area (Å²) >= 11 is 0. The number of nitrogens with zero attached hydrogens (tertiary/aromatic N) is 3. The topological polar surface area (TPSA) is 38.1 Å². The lowest BCUT2D eigenvalue weighted by atomic mass is 9.67. The maximum Gasteiger partial charge on any atom is 0.147 e. The smallest absolute Gasteiger partial charge is 0.147 e. The molecule has 0 fully saturated rings. The van der Waals surface area contributed by atoms with E-state index >= 15 is 0 Å². The van der Waals surface area contributed by atoms with E-state index in [4.69, 9.17) is 0 Å². The molecule has 3 rings (SSSR count). The highest BCUT2D eigenvalue weighted by molar-refractivity contribution is 5.93. The first kappa shape index (κ1) is 23.3. The number of aromatic nitrogens is 2. The highest BCUT2D eigenvalue weighted by Gasteiger charge is 2.41. The molecule has 0 radical (unpaired) electrons. The van der Waals surface area contributed by atoms with Crippen molar-refractivity contribution in [2.24, 2.45) is 0 Å². The van der Waals surface area contributed by atoms with Crippen molar-refractivity contribution in [3.05, 3.63) is 97.1 Å². The van der Waals surface area contributed by atoms with E-state index in [-0.39, 0.29) is 5.78 Å². The van der Waals surface area contributed by atoms with Gasteiger partial charge in [-0.1, -0.05) is 74.2 Å². The van der Waals surface area contributed by atoms with Gasteiger partial charge in [0.25, 0.3) is 0 Å². The number of Topliss-reactive ketones (excluding diaryl/α,β-unsaturated/α-hetero) is 1. The van der Waals surface area contributed by atoms with Gasteiger partial charge in [0.15, 0.2) is 0 Å². The average Bonchev–Trinajstić information content (AvgIpc) is 3.32. The van der Waals surface area contributed by atoms with Crippen LogP contribution in [0.3, 0.4) is 0 Å². The van der Waals surface area contributed by atoms with Crippen LogP contribution in [0.1, 0.15) is 37.8 Å². The summed E-state index contributed by atoms with van der Waals surface area (Å²) in [5, 5.41) is 0. The predicted molar refractivity (Wildman–Crippen MR) is 125 cm³/mol. The Labute approximate surface area is 180 Å². The van der Waals surface area contributed by atoms with E-state index in [1.54, 1.807) is 23.3 Å². The summed E-state index contributed by atoms with van der Waals surface area (Å²) < 4.78 is 1.78.